The predicted molar refractivity (Wildman–Crippen MR) is 117 cm³/mol. The summed E-state index contributed by atoms with van der Waals surface area (Å²) < 4.78 is 5.95. The van der Waals surface area contributed by atoms with Crippen molar-refractivity contribution in [2.75, 3.05) is 7.05 Å². The van der Waals surface area contributed by atoms with Crippen LogP contribution in [0.4, 0.5) is 0 Å². The Morgan fingerprint density at radius 3 is 2.33 bits per heavy atom. The molecule has 2 atom stereocenters. The van der Waals surface area contributed by atoms with Gasteiger partial charge in [0.2, 0.25) is 0 Å². The van der Waals surface area contributed by atoms with E-state index in [1.54, 1.807) is 0 Å². The van der Waals surface area contributed by atoms with Gasteiger partial charge in [0.25, 0.3) is 0 Å². The Morgan fingerprint density at radius 1 is 1.00 bits per heavy atom. The molecule has 0 aromatic heterocycles. The molecule has 30 heavy (non-hydrogen) atoms. The van der Waals surface area contributed by atoms with Crippen molar-refractivity contribution in [2.45, 2.75) is 38.1 Å². The summed E-state index contributed by atoms with van der Waals surface area (Å²) in [7, 11) is 2.05. The number of benzene rings is 3. The highest BCUT2D eigenvalue weighted by Crippen LogP contribution is 2.38. The Bertz CT molecular complexity index is 1030. The molecule has 0 unspecified atom stereocenters. The van der Waals surface area contributed by atoms with E-state index in [2.05, 4.69) is 30.1 Å². The van der Waals surface area contributed by atoms with Crippen molar-refractivity contribution < 1.29 is 9.84 Å². The average Bonchev–Trinajstić information content (AvgIpc) is 2.78. The van der Waals surface area contributed by atoms with Crippen LogP contribution in [0.5, 0.6) is 5.75 Å². The summed E-state index contributed by atoms with van der Waals surface area (Å²) in [6, 6.07) is 26.3. The molecule has 0 fully saturated rings. The molecule has 3 aromatic rings. The summed E-state index contributed by atoms with van der Waals surface area (Å²) in [6.07, 6.45) is 0.924. The lowest BCUT2D eigenvalue weighted by Crippen LogP contribution is -2.39. The van der Waals surface area contributed by atoms with Crippen molar-refractivity contribution in [1.82, 2.24) is 4.90 Å². The van der Waals surface area contributed by atoms with Crippen LogP contribution in [0.2, 0.25) is 0 Å². The molecule has 1 N–H and O–H groups in total. The van der Waals surface area contributed by atoms with Crippen LogP contribution in [-0.2, 0) is 19.6 Å². The van der Waals surface area contributed by atoms with E-state index in [0.29, 0.717) is 17.9 Å². The van der Waals surface area contributed by atoms with Gasteiger partial charge in [0, 0.05) is 12.6 Å². The molecule has 0 bridgehead atoms. The van der Waals surface area contributed by atoms with Gasteiger partial charge >= 0.3 is 0 Å². The molecule has 1 aliphatic carbocycles. The van der Waals surface area contributed by atoms with Gasteiger partial charge in [-0.25, -0.2) is 0 Å². The zero-order valence-electron chi connectivity index (χ0n) is 17.2. The Morgan fingerprint density at radius 2 is 1.67 bits per heavy atom. The van der Waals surface area contributed by atoms with Crippen LogP contribution in [0.15, 0.2) is 72.8 Å². The normalized spacial score (nSPS) is 17.9. The third kappa shape index (κ3) is 4.23. The van der Waals surface area contributed by atoms with Crippen molar-refractivity contribution in [2.24, 2.45) is 0 Å². The van der Waals surface area contributed by atoms with Crippen LogP contribution in [0.1, 0.15) is 40.3 Å². The molecule has 0 radical (unpaired) electrons. The van der Waals surface area contributed by atoms with E-state index in [1.165, 1.54) is 5.56 Å². The van der Waals surface area contributed by atoms with E-state index in [4.69, 9.17) is 4.74 Å². The van der Waals surface area contributed by atoms with E-state index in [1.807, 2.05) is 60.7 Å². The molecule has 0 spiro atoms. The van der Waals surface area contributed by atoms with Crippen molar-refractivity contribution in [3.05, 3.63) is 101 Å². The molecule has 4 heteroatoms. The minimum atomic E-state index is -0.627. The molecule has 0 saturated carbocycles. The van der Waals surface area contributed by atoms with Crippen molar-refractivity contribution in [3.8, 4) is 11.8 Å². The van der Waals surface area contributed by atoms with Gasteiger partial charge in [-0.15, -0.1) is 0 Å². The lowest BCUT2D eigenvalue weighted by atomic mass is 9.82. The number of hydrogen-bond donors (Lipinski definition) is 1. The molecule has 0 aliphatic heterocycles. The lowest BCUT2D eigenvalue weighted by Gasteiger charge is -2.37. The van der Waals surface area contributed by atoms with Gasteiger partial charge in [-0.1, -0.05) is 66.7 Å². The zero-order chi connectivity index (χ0) is 20.9. The number of ether oxygens (including phenoxy) is 1. The number of fused-ring (bicyclic) bond motifs is 1. The van der Waals surface area contributed by atoms with Crippen LogP contribution in [0.25, 0.3) is 0 Å². The molecule has 0 heterocycles. The maximum absolute atomic E-state index is 11.1. The monoisotopic (exact) mass is 398 g/mol. The number of likely N-dealkylation sites (N-methyl/N-ethyl adjacent to an activating group) is 1. The van der Waals surface area contributed by atoms with Crippen LogP contribution in [0, 0.1) is 11.3 Å². The summed E-state index contributed by atoms with van der Waals surface area (Å²) >= 11 is 0. The summed E-state index contributed by atoms with van der Waals surface area (Å²) in [4.78, 5) is 2.20. The van der Waals surface area contributed by atoms with E-state index in [-0.39, 0.29) is 6.04 Å². The second-order valence-corrected chi connectivity index (χ2v) is 7.84. The molecule has 3 aromatic carbocycles. The number of aliphatic hydroxyl groups excluding tert-OH is 1. The van der Waals surface area contributed by atoms with Gasteiger partial charge in [0.15, 0.2) is 0 Å². The zero-order valence-corrected chi connectivity index (χ0v) is 17.2. The molecular weight excluding hydrogens is 372 g/mol. The highest BCUT2D eigenvalue weighted by molar-refractivity contribution is 5.54. The second kappa shape index (κ2) is 9.13. The maximum atomic E-state index is 11.1. The SMILES string of the molecule is CN(Cc1ccccc1)[C@H]1CCc2c(ccc(OCc3ccccc3)c2C#N)[C@@H]1O. The van der Waals surface area contributed by atoms with Crippen molar-refractivity contribution in [1.29, 1.82) is 5.26 Å². The molecular formula is C26H26N2O2. The largest absolute Gasteiger partial charge is 0.488 e. The first-order valence-electron chi connectivity index (χ1n) is 10.3. The van der Waals surface area contributed by atoms with Crippen molar-refractivity contribution >= 4 is 0 Å². The Kier molecular flexibility index (Phi) is 6.13. The molecule has 1 aliphatic rings. The first kappa shape index (κ1) is 20.2. The fourth-order valence-corrected chi connectivity index (χ4v) is 4.27. The summed E-state index contributed by atoms with van der Waals surface area (Å²) in [5, 5.41) is 20.9. The molecule has 0 amide bonds. The summed E-state index contributed by atoms with van der Waals surface area (Å²) in [5.74, 6) is 0.586. The highest BCUT2D eigenvalue weighted by atomic mass is 16.5. The summed E-state index contributed by atoms with van der Waals surface area (Å²) in [6.45, 7) is 1.20. The predicted octanol–water partition coefficient (Wildman–Crippen LogP) is 4.62. The number of aliphatic hydroxyl groups is 1. The van der Waals surface area contributed by atoms with E-state index in [0.717, 1.165) is 36.1 Å². The lowest BCUT2D eigenvalue weighted by molar-refractivity contribution is 0.0461. The number of nitriles is 1. The Hall–Kier alpha value is -3.13. The Balaban J connectivity index is 1.52. The molecule has 0 saturated heterocycles. The standard InChI is InChI=1S/C26H26N2O2/c1-28(17-19-8-4-2-5-9-19)24-14-12-21-22(26(24)29)13-15-25(23(21)16-27)30-18-20-10-6-3-7-11-20/h2-11,13,15,24,26,29H,12,14,17-18H2,1H3/t24-,26-/m0/s1. The van der Waals surface area contributed by atoms with Gasteiger partial charge in [0.1, 0.15) is 18.4 Å². The first-order valence-corrected chi connectivity index (χ1v) is 10.3. The Labute approximate surface area is 178 Å². The summed E-state index contributed by atoms with van der Waals surface area (Å²) in [5.41, 5.74) is 4.59. The topological polar surface area (TPSA) is 56.5 Å². The smallest absolute Gasteiger partial charge is 0.137 e. The van der Waals surface area contributed by atoms with Crippen LogP contribution >= 0.6 is 0 Å². The second-order valence-electron chi connectivity index (χ2n) is 7.84. The van der Waals surface area contributed by atoms with Gasteiger partial charge in [-0.05, 0) is 48.2 Å². The van der Waals surface area contributed by atoms with E-state index >= 15 is 0 Å². The minimum absolute atomic E-state index is 0.0142. The van der Waals surface area contributed by atoms with Crippen molar-refractivity contribution in [3.63, 3.8) is 0 Å². The maximum Gasteiger partial charge on any atom is 0.137 e. The molecule has 4 rings (SSSR count). The number of hydrogen-bond acceptors (Lipinski definition) is 4. The average molecular weight is 399 g/mol. The van der Waals surface area contributed by atoms with Crippen LogP contribution in [-0.4, -0.2) is 23.1 Å². The van der Waals surface area contributed by atoms with Gasteiger partial charge in [-0.2, -0.15) is 5.26 Å². The van der Waals surface area contributed by atoms with Gasteiger partial charge < -0.3 is 9.84 Å². The van der Waals surface area contributed by atoms with Crippen LogP contribution in [0.3, 0.4) is 0 Å². The third-order valence-corrected chi connectivity index (χ3v) is 5.87. The minimum Gasteiger partial charge on any atom is -0.488 e. The number of rotatable bonds is 6. The van der Waals surface area contributed by atoms with Gasteiger partial charge in [-0.3, -0.25) is 4.90 Å². The fraction of sp³-hybridized carbons (Fsp3) is 0.269. The fourth-order valence-electron chi connectivity index (χ4n) is 4.27. The first-order chi connectivity index (χ1) is 14.7. The quantitative estimate of drug-likeness (QED) is 0.658. The molecule has 4 nitrogen and oxygen atoms in total. The highest BCUT2D eigenvalue weighted by Gasteiger charge is 2.33. The van der Waals surface area contributed by atoms with E-state index in [9.17, 15) is 10.4 Å². The third-order valence-electron chi connectivity index (χ3n) is 5.87. The number of nitrogens with zero attached hydrogens (tertiary/aromatic N) is 2. The van der Waals surface area contributed by atoms with Gasteiger partial charge in [0.05, 0.1) is 11.7 Å². The molecule has 152 valence electrons. The van der Waals surface area contributed by atoms with Crippen LogP contribution < -0.4 is 4.74 Å². The van der Waals surface area contributed by atoms with E-state index < -0.39 is 6.10 Å².